The summed E-state index contributed by atoms with van der Waals surface area (Å²) in [6.45, 7) is 4.42. The average Bonchev–Trinajstić information content (AvgIpc) is 2.61. The Morgan fingerprint density at radius 3 is 3.00 bits per heavy atom. The minimum atomic E-state index is -0.0241. The summed E-state index contributed by atoms with van der Waals surface area (Å²) in [5.74, 6) is -0.00986. The molecule has 0 aliphatic heterocycles. The van der Waals surface area contributed by atoms with E-state index in [1.54, 1.807) is 0 Å². The molecule has 0 saturated carbocycles. The Hall–Kier alpha value is -0.540. The Labute approximate surface area is 93.3 Å². The van der Waals surface area contributed by atoms with Gasteiger partial charge in [-0.3, -0.25) is 4.79 Å². The Kier molecular flexibility index (Phi) is 4.42. The molecule has 0 aromatic carbocycles. The van der Waals surface area contributed by atoms with E-state index in [4.69, 9.17) is 11.6 Å². The number of carbonyl (C=O) groups excluding carboxylic acids is 1. The Morgan fingerprint density at radius 1 is 1.71 bits per heavy atom. The molecule has 0 spiro atoms. The standard InChI is InChI=1S/C10H14ClNOS/c1-3-8-4-5-14-9(8)10(13)12-6-7(2)11/h4-5,7H,3,6H2,1-2H3,(H,12,13). The maximum absolute atomic E-state index is 11.6. The van der Waals surface area contributed by atoms with Gasteiger partial charge in [-0.25, -0.2) is 0 Å². The van der Waals surface area contributed by atoms with Crippen molar-refractivity contribution in [1.29, 1.82) is 0 Å². The summed E-state index contributed by atoms with van der Waals surface area (Å²) >= 11 is 7.22. The quantitative estimate of drug-likeness (QED) is 0.794. The van der Waals surface area contributed by atoms with Crippen LogP contribution in [-0.4, -0.2) is 17.8 Å². The van der Waals surface area contributed by atoms with Crippen LogP contribution in [0.2, 0.25) is 0 Å². The van der Waals surface area contributed by atoms with E-state index >= 15 is 0 Å². The second-order valence-electron chi connectivity index (χ2n) is 3.12. The van der Waals surface area contributed by atoms with Crippen LogP contribution in [0.25, 0.3) is 0 Å². The summed E-state index contributed by atoms with van der Waals surface area (Å²) in [4.78, 5) is 12.4. The normalized spacial score (nSPS) is 12.5. The lowest BCUT2D eigenvalue weighted by molar-refractivity contribution is 0.0957. The highest BCUT2D eigenvalue weighted by Gasteiger charge is 2.11. The van der Waals surface area contributed by atoms with E-state index in [-0.39, 0.29) is 11.3 Å². The highest BCUT2D eigenvalue weighted by Crippen LogP contribution is 2.16. The molecule has 0 aliphatic carbocycles. The number of aryl methyl sites for hydroxylation is 1. The van der Waals surface area contributed by atoms with E-state index in [1.807, 2.05) is 25.3 Å². The van der Waals surface area contributed by atoms with E-state index in [0.29, 0.717) is 6.54 Å². The van der Waals surface area contributed by atoms with Gasteiger partial charge in [0.25, 0.3) is 5.91 Å². The number of rotatable bonds is 4. The lowest BCUT2D eigenvalue weighted by Crippen LogP contribution is -2.28. The summed E-state index contributed by atoms with van der Waals surface area (Å²) < 4.78 is 0. The SMILES string of the molecule is CCc1ccsc1C(=O)NCC(C)Cl. The van der Waals surface area contributed by atoms with Gasteiger partial charge in [0.05, 0.1) is 4.88 Å². The van der Waals surface area contributed by atoms with Gasteiger partial charge in [-0.05, 0) is 30.4 Å². The van der Waals surface area contributed by atoms with E-state index in [0.717, 1.165) is 16.9 Å². The molecular weight excluding hydrogens is 218 g/mol. The third kappa shape index (κ3) is 3.00. The zero-order valence-electron chi connectivity index (χ0n) is 8.34. The molecule has 1 atom stereocenters. The monoisotopic (exact) mass is 231 g/mol. The zero-order chi connectivity index (χ0) is 10.6. The van der Waals surface area contributed by atoms with Gasteiger partial charge in [0.1, 0.15) is 0 Å². The van der Waals surface area contributed by atoms with Crippen LogP contribution in [0.1, 0.15) is 29.1 Å². The molecule has 1 heterocycles. The maximum atomic E-state index is 11.6. The summed E-state index contributed by atoms with van der Waals surface area (Å²) in [6.07, 6.45) is 0.892. The molecule has 1 aromatic rings. The Bertz CT molecular complexity index is 309. The summed E-state index contributed by atoms with van der Waals surface area (Å²) in [5.41, 5.74) is 1.11. The number of amides is 1. The van der Waals surface area contributed by atoms with Gasteiger partial charge < -0.3 is 5.32 Å². The molecule has 1 amide bonds. The van der Waals surface area contributed by atoms with Gasteiger partial charge in [-0.1, -0.05) is 6.92 Å². The van der Waals surface area contributed by atoms with Crippen LogP contribution in [0.4, 0.5) is 0 Å². The predicted octanol–water partition coefficient (Wildman–Crippen LogP) is 2.67. The van der Waals surface area contributed by atoms with Gasteiger partial charge in [0, 0.05) is 11.9 Å². The molecule has 1 N–H and O–H groups in total. The van der Waals surface area contributed by atoms with Crippen LogP contribution in [-0.2, 0) is 6.42 Å². The van der Waals surface area contributed by atoms with Gasteiger partial charge >= 0.3 is 0 Å². The minimum absolute atomic E-state index is 0.00986. The lowest BCUT2D eigenvalue weighted by Gasteiger charge is -2.05. The molecule has 0 saturated heterocycles. The largest absolute Gasteiger partial charge is 0.350 e. The number of carbonyl (C=O) groups is 1. The first-order chi connectivity index (χ1) is 6.65. The van der Waals surface area contributed by atoms with Crippen LogP contribution in [0.3, 0.4) is 0 Å². The molecule has 4 heteroatoms. The van der Waals surface area contributed by atoms with Crippen molar-refractivity contribution >= 4 is 28.8 Å². The van der Waals surface area contributed by atoms with Crippen molar-refractivity contribution in [3.05, 3.63) is 21.9 Å². The zero-order valence-corrected chi connectivity index (χ0v) is 9.91. The highest BCUT2D eigenvalue weighted by molar-refractivity contribution is 7.12. The van der Waals surface area contributed by atoms with Crippen molar-refractivity contribution in [2.45, 2.75) is 25.6 Å². The topological polar surface area (TPSA) is 29.1 Å². The molecule has 0 aliphatic rings. The summed E-state index contributed by atoms with van der Waals surface area (Å²) in [7, 11) is 0. The Balaban J connectivity index is 2.60. The number of hydrogen-bond acceptors (Lipinski definition) is 2. The van der Waals surface area contributed by atoms with Crippen LogP contribution < -0.4 is 5.32 Å². The number of hydrogen-bond donors (Lipinski definition) is 1. The third-order valence-corrected chi connectivity index (χ3v) is 2.99. The average molecular weight is 232 g/mol. The number of halogens is 1. The second-order valence-corrected chi connectivity index (χ2v) is 4.78. The van der Waals surface area contributed by atoms with Crippen molar-refractivity contribution in [3.63, 3.8) is 0 Å². The smallest absolute Gasteiger partial charge is 0.261 e. The third-order valence-electron chi connectivity index (χ3n) is 1.88. The molecule has 0 fully saturated rings. The van der Waals surface area contributed by atoms with Gasteiger partial charge in [-0.2, -0.15) is 0 Å². The maximum Gasteiger partial charge on any atom is 0.261 e. The van der Waals surface area contributed by atoms with Gasteiger partial charge in [0.2, 0.25) is 0 Å². The fraction of sp³-hybridized carbons (Fsp3) is 0.500. The minimum Gasteiger partial charge on any atom is -0.350 e. The number of thiophene rings is 1. The van der Waals surface area contributed by atoms with Gasteiger partial charge in [0.15, 0.2) is 0 Å². The predicted molar refractivity (Wildman–Crippen MR) is 61.3 cm³/mol. The molecule has 78 valence electrons. The summed E-state index contributed by atoms with van der Waals surface area (Å²) in [6, 6.07) is 1.99. The van der Waals surface area contributed by atoms with Crippen molar-refractivity contribution in [3.8, 4) is 0 Å². The van der Waals surface area contributed by atoms with Crippen LogP contribution in [0, 0.1) is 0 Å². The van der Waals surface area contributed by atoms with Crippen molar-refractivity contribution in [2.75, 3.05) is 6.54 Å². The van der Waals surface area contributed by atoms with E-state index < -0.39 is 0 Å². The first kappa shape index (κ1) is 11.5. The fourth-order valence-corrected chi connectivity index (χ4v) is 2.12. The molecule has 1 aromatic heterocycles. The highest BCUT2D eigenvalue weighted by atomic mass is 35.5. The molecular formula is C10H14ClNOS. The molecule has 14 heavy (non-hydrogen) atoms. The molecule has 0 bridgehead atoms. The molecule has 2 nitrogen and oxygen atoms in total. The van der Waals surface area contributed by atoms with Crippen LogP contribution in [0.5, 0.6) is 0 Å². The fourth-order valence-electron chi connectivity index (χ4n) is 1.13. The van der Waals surface area contributed by atoms with E-state index in [2.05, 4.69) is 5.32 Å². The number of nitrogens with one attached hydrogen (secondary N) is 1. The van der Waals surface area contributed by atoms with Crippen LogP contribution in [0.15, 0.2) is 11.4 Å². The van der Waals surface area contributed by atoms with Gasteiger partial charge in [-0.15, -0.1) is 22.9 Å². The summed E-state index contributed by atoms with van der Waals surface area (Å²) in [5, 5.41) is 4.72. The van der Waals surface area contributed by atoms with Crippen molar-refractivity contribution < 1.29 is 4.79 Å². The molecule has 1 unspecified atom stereocenters. The second kappa shape index (κ2) is 5.37. The molecule has 1 rings (SSSR count). The lowest BCUT2D eigenvalue weighted by atomic mass is 10.2. The first-order valence-corrected chi connectivity index (χ1v) is 5.95. The van der Waals surface area contributed by atoms with E-state index in [9.17, 15) is 4.79 Å². The van der Waals surface area contributed by atoms with Crippen LogP contribution >= 0.6 is 22.9 Å². The van der Waals surface area contributed by atoms with Crippen molar-refractivity contribution in [1.82, 2.24) is 5.32 Å². The molecule has 0 radical (unpaired) electrons. The Morgan fingerprint density at radius 2 is 2.43 bits per heavy atom. The van der Waals surface area contributed by atoms with Crippen molar-refractivity contribution in [2.24, 2.45) is 0 Å². The first-order valence-electron chi connectivity index (χ1n) is 4.63. The van der Waals surface area contributed by atoms with E-state index in [1.165, 1.54) is 11.3 Å². The number of alkyl halides is 1.